The van der Waals surface area contributed by atoms with E-state index in [2.05, 4.69) is 12.0 Å². The fraction of sp³-hybridized carbons (Fsp3) is 0.615. The zero-order valence-electron chi connectivity index (χ0n) is 11.3. The molecular weight excluding hydrogens is 246 g/mol. The van der Waals surface area contributed by atoms with Crippen LogP contribution in [-0.2, 0) is 16.6 Å². The average Bonchev–Trinajstić information content (AvgIpc) is 2.82. The minimum absolute atomic E-state index is 0.121. The van der Waals surface area contributed by atoms with E-state index in [1.165, 1.54) is 10.9 Å². The number of amides is 1. The van der Waals surface area contributed by atoms with Crippen LogP contribution in [0.15, 0.2) is 12.4 Å². The molecule has 0 aromatic carbocycles. The number of aromatic nitrogens is 2. The van der Waals surface area contributed by atoms with Gasteiger partial charge in [0.2, 0.25) is 0 Å². The molecule has 1 aromatic rings. The molecule has 1 aliphatic rings. The standard InChI is InChI=1S/C13H19N3O3/c1-10-4-3-5-16(7-10)12(17)9-19-13(18)11-6-14-15(2)8-11/h6,8,10H,3-5,7,9H2,1-2H3. The van der Waals surface area contributed by atoms with Crippen LogP contribution in [0.5, 0.6) is 0 Å². The number of aryl methyl sites for hydroxylation is 1. The third-order valence-corrected chi connectivity index (χ3v) is 3.28. The first-order valence-corrected chi connectivity index (χ1v) is 6.50. The van der Waals surface area contributed by atoms with Crippen LogP contribution >= 0.6 is 0 Å². The zero-order valence-corrected chi connectivity index (χ0v) is 11.3. The van der Waals surface area contributed by atoms with Gasteiger partial charge in [0, 0.05) is 26.3 Å². The molecule has 2 heterocycles. The summed E-state index contributed by atoms with van der Waals surface area (Å²) in [6, 6.07) is 0. The van der Waals surface area contributed by atoms with E-state index in [1.54, 1.807) is 18.1 Å². The van der Waals surface area contributed by atoms with Gasteiger partial charge in [0.05, 0.1) is 11.8 Å². The number of hydrogen-bond acceptors (Lipinski definition) is 4. The van der Waals surface area contributed by atoms with Gasteiger partial charge in [-0.25, -0.2) is 4.79 Å². The highest BCUT2D eigenvalue weighted by Gasteiger charge is 2.22. The van der Waals surface area contributed by atoms with Crippen LogP contribution < -0.4 is 0 Å². The fourth-order valence-electron chi connectivity index (χ4n) is 2.24. The molecule has 1 amide bonds. The van der Waals surface area contributed by atoms with Gasteiger partial charge in [-0.2, -0.15) is 5.10 Å². The van der Waals surface area contributed by atoms with Crippen molar-refractivity contribution in [1.82, 2.24) is 14.7 Å². The largest absolute Gasteiger partial charge is 0.452 e. The quantitative estimate of drug-likeness (QED) is 0.760. The number of likely N-dealkylation sites (tertiary alicyclic amines) is 1. The molecule has 0 radical (unpaired) electrons. The summed E-state index contributed by atoms with van der Waals surface area (Å²) in [5.74, 6) is -0.109. The van der Waals surface area contributed by atoms with Crippen LogP contribution in [0.1, 0.15) is 30.1 Å². The molecule has 0 aliphatic carbocycles. The van der Waals surface area contributed by atoms with Gasteiger partial charge in [0.25, 0.3) is 5.91 Å². The van der Waals surface area contributed by atoms with Crippen LogP contribution in [-0.4, -0.2) is 46.3 Å². The van der Waals surface area contributed by atoms with Gasteiger partial charge in [-0.05, 0) is 18.8 Å². The molecule has 1 fully saturated rings. The monoisotopic (exact) mass is 265 g/mol. The van der Waals surface area contributed by atoms with Gasteiger partial charge >= 0.3 is 5.97 Å². The van der Waals surface area contributed by atoms with E-state index in [9.17, 15) is 9.59 Å². The summed E-state index contributed by atoms with van der Waals surface area (Å²) in [5, 5.41) is 3.89. The third-order valence-electron chi connectivity index (χ3n) is 3.28. The highest BCUT2D eigenvalue weighted by atomic mass is 16.5. The highest BCUT2D eigenvalue weighted by molar-refractivity contribution is 5.90. The number of nitrogens with zero attached hydrogens (tertiary/aromatic N) is 3. The highest BCUT2D eigenvalue weighted by Crippen LogP contribution is 2.15. The molecule has 6 heteroatoms. The maximum absolute atomic E-state index is 11.9. The van der Waals surface area contributed by atoms with Crippen molar-refractivity contribution >= 4 is 11.9 Å². The Labute approximate surface area is 112 Å². The lowest BCUT2D eigenvalue weighted by atomic mass is 10.0. The number of piperidine rings is 1. The van der Waals surface area contributed by atoms with E-state index in [-0.39, 0.29) is 12.5 Å². The van der Waals surface area contributed by atoms with Gasteiger partial charge < -0.3 is 9.64 Å². The number of ether oxygens (including phenoxy) is 1. The van der Waals surface area contributed by atoms with E-state index < -0.39 is 5.97 Å². The van der Waals surface area contributed by atoms with Gasteiger partial charge in [0.15, 0.2) is 6.61 Å². The van der Waals surface area contributed by atoms with Gasteiger partial charge in [0.1, 0.15) is 0 Å². The van der Waals surface area contributed by atoms with Crippen molar-refractivity contribution in [3.63, 3.8) is 0 Å². The smallest absolute Gasteiger partial charge is 0.341 e. The Kier molecular flexibility index (Phi) is 4.19. The first-order valence-electron chi connectivity index (χ1n) is 6.50. The lowest BCUT2D eigenvalue weighted by Gasteiger charge is -2.30. The average molecular weight is 265 g/mol. The number of carbonyl (C=O) groups excluding carboxylic acids is 2. The molecule has 104 valence electrons. The second kappa shape index (κ2) is 5.86. The molecule has 0 N–H and O–H groups in total. The molecule has 2 rings (SSSR count). The van der Waals surface area contributed by atoms with Crippen molar-refractivity contribution in [3.8, 4) is 0 Å². The summed E-state index contributed by atoms with van der Waals surface area (Å²) in [5.41, 5.74) is 0.363. The van der Waals surface area contributed by atoms with Crippen molar-refractivity contribution in [3.05, 3.63) is 18.0 Å². The number of esters is 1. The number of carbonyl (C=O) groups is 2. The van der Waals surface area contributed by atoms with Crippen LogP contribution in [0.2, 0.25) is 0 Å². The van der Waals surface area contributed by atoms with Crippen molar-refractivity contribution < 1.29 is 14.3 Å². The summed E-state index contributed by atoms with van der Waals surface area (Å²) in [6.07, 6.45) is 5.16. The number of rotatable bonds is 3. The van der Waals surface area contributed by atoms with Crippen LogP contribution in [0, 0.1) is 5.92 Å². The van der Waals surface area contributed by atoms with Crippen molar-refractivity contribution in [2.45, 2.75) is 19.8 Å². The first-order chi connectivity index (χ1) is 9.06. The van der Waals surface area contributed by atoms with Gasteiger partial charge in [-0.1, -0.05) is 6.92 Å². The minimum atomic E-state index is -0.508. The Morgan fingerprint density at radius 3 is 2.95 bits per heavy atom. The SMILES string of the molecule is CC1CCCN(C(=O)COC(=O)c2cnn(C)c2)C1. The lowest BCUT2D eigenvalue weighted by Crippen LogP contribution is -2.41. The minimum Gasteiger partial charge on any atom is -0.452 e. The third kappa shape index (κ3) is 3.56. The summed E-state index contributed by atoms with van der Waals surface area (Å²) < 4.78 is 6.53. The van der Waals surface area contributed by atoms with Crippen molar-refractivity contribution in [2.24, 2.45) is 13.0 Å². The van der Waals surface area contributed by atoms with E-state index in [4.69, 9.17) is 4.74 Å². The molecule has 1 saturated heterocycles. The van der Waals surface area contributed by atoms with E-state index in [0.717, 1.165) is 25.9 Å². The maximum atomic E-state index is 11.9. The summed E-state index contributed by atoms with van der Waals surface area (Å²) >= 11 is 0. The Hall–Kier alpha value is -1.85. The molecular formula is C13H19N3O3. The second-order valence-electron chi connectivity index (χ2n) is 5.07. The molecule has 1 unspecified atom stereocenters. The van der Waals surface area contributed by atoms with Gasteiger partial charge in [-0.3, -0.25) is 9.48 Å². The Morgan fingerprint density at radius 1 is 1.53 bits per heavy atom. The fourth-order valence-corrected chi connectivity index (χ4v) is 2.24. The molecule has 19 heavy (non-hydrogen) atoms. The molecule has 1 aromatic heterocycles. The Bertz CT molecular complexity index is 469. The van der Waals surface area contributed by atoms with Crippen LogP contribution in [0.25, 0.3) is 0 Å². The molecule has 0 saturated carbocycles. The summed E-state index contributed by atoms with van der Waals surface area (Å²) in [7, 11) is 1.72. The summed E-state index contributed by atoms with van der Waals surface area (Å²) in [4.78, 5) is 25.3. The van der Waals surface area contributed by atoms with Crippen molar-refractivity contribution in [2.75, 3.05) is 19.7 Å². The molecule has 0 bridgehead atoms. The topological polar surface area (TPSA) is 64.4 Å². The molecule has 1 aliphatic heterocycles. The normalized spacial score (nSPS) is 19.3. The Balaban J connectivity index is 1.81. The zero-order chi connectivity index (χ0) is 13.8. The second-order valence-corrected chi connectivity index (χ2v) is 5.07. The van der Waals surface area contributed by atoms with Crippen molar-refractivity contribution in [1.29, 1.82) is 0 Å². The Morgan fingerprint density at radius 2 is 2.32 bits per heavy atom. The summed E-state index contributed by atoms with van der Waals surface area (Å²) in [6.45, 7) is 3.44. The van der Waals surface area contributed by atoms with E-state index >= 15 is 0 Å². The van der Waals surface area contributed by atoms with Crippen LogP contribution in [0.3, 0.4) is 0 Å². The van der Waals surface area contributed by atoms with Gasteiger partial charge in [-0.15, -0.1) is 0 Å². The number of hydrogen-bond donors (Lipinski definition) is 0. The van der Waals surface area contributed by atoms with E-state index in [0.29, 0.717) is 11.5 Å². The maximum Gasteiger partial charge on any atom is 0.341 e. The van der Waals surface area contributed by atoms with Crippen LogP contribution in [0.4, 0.5) is 0 Å². The molecule has 0 spiro atoms. The van der Waals surface area contributed by atoms with E-state index in [1.807, 2.05) is 0 Å². The molecule has 6 nitrogen and oxygen atoms in total. The lowest BCUT2D eigenvalue weighted by molar-refractivity contribution is -0.136. The predicted octanol–water partition coefficient (Wildman–Crippen LogP) is 0.835. The molecule has 1 atom stereocenters. The predicted molar refractivity (Wildman–Crippen MR) is 68.5 cm³/mol. The first kappa shape index (κ1) is 13.6.